The number of benzene rings is 5. The number of fused-ring (bicyclic) bond motifs is 2. The maximum absolute atomic E-state index is 6.71. The van der Waals surface area contributed by atoms with Crippen molar-refractivity contribution in [1.82, 2.24) is 0 Å². The molecule has 1 unspecified atom stereocenters. The van der Waals surface area contributed by atoms with E-state index in [1.807, 2.05) is 91.0 Å². The number of hydrogen-bond acceptors (Lipinski definition) is 6. The van der Waals surface area contributed by atoms with E-state index in [4.69, 9.17) is 23.7 Å². The summed E-state index contributed by atoms with van der Waals surface area (Å²) < 4.78 is 32.9. The van der Waals surface area contributed by atoms with Crippen molar-refractivity contribution < 1.29 is 23.7 Å². The lowest BCUT2D eigenvalue weighted by atomic mass is 9.98. The first-order chi connectivity index (χ1) is 22.3. The maximum atomic E-state index is 6.71. The summed E-state index contributed by atoms with van der Waals surface area (Å²) in [4.78, 5) is 1.09. The highest BCUT2D eigenvalue weighted by molar-refractivity contribution is 7.99. The molecule has 7 rings (SSSR count). The van der Waals surface area contributed by atoms with E-state index < -0.39 is 24.6 Å². The van der Waals surface area contributed by atoms with Crippen LogP contribution in [-0.4, -0.2) is 43.1 Å². The van der Waals surface area contributed by atoms with Crippen LogP contribution < -0.4 is 0 Å². The van der Waals surface area contributed by atoms with Gasteiger partial charge in [-0.2, -0.15) is 0 Å². The van der Waals surface area contributed by atoms with Gasteiger partial charge in [0, 0.05) is 16.0 Å². The van der Waals surface area contributed by atoms with Crippen molar-refractivity contribution in [3.63, 3.8) is 0 Å². The second kappa shape index (κ2) is 14.4. The lowest BCUT2D eigenvalue weighted by molar-refractivity contribution is -0.327. The minimum absolute atomic E-state index is 0.214. The Bertz CT molecular complexity index is 1730. The van der Waals surface area contributed by atoms with Crippen LogP contribution in [0, 0.1) is 11.8 Å². The van der Waals surface area contributed by atoms with Crippen LogP contribution in [0.25, 0.3) is 10.8 Å². The minimum atomic E-state index is -0.531. The van der Waals surface area contributed by atoms with Crippen LogP contribution in [-0.2, 0) is 30.3 Å². The molecule has 0 radical (unpaired) electrons. The van der Waals surface area contributed by atoms with Crippen LogP contribution in [0.1, 0.15) is 23.0 Å². The zero-order valence-electron chi connectivity index (χ0n) is 24.7. The summed E-state index contributed by atoms with van der Waals surface area (Å²) in [6, 6.07) is 44.9. The first-order valence-corrected chi connectivity index (χ1v) is 16.1. The standard InChI is InChI=1S/C39H34O5S/c1-4-14-28(15-5-1)26-41-37-36(40-25-13-21-30-20-12-19-29-16-10-11-24-33(29)30)35-34(43-39(37)45-32-22-8-3-9-23-32)27-42-38(44-35)31-17-6-2-7-18-31/h1-12,14-20,22-24,34-39H,25-27H2/t34-,35-,36+,37+,38?,39-/m1/s1. The van der Waals surface area contributed by atoms with Gasteiger partial charge >= 0.3 is 0 Å². The predicted octanol–water partition coefficient (Wildman–Crippen LogP) is 7.79. The molecule has 2 saturated heterocycles. The topological polar surface area (TPSA) is 46.2 Å². The third-order valence-electron chi connectivity index (χ3n) is 8.00. The van der Waals surface area contributed by atoms with E-state index in [2.05, 4.69) is 54.3 Å². The molecule has 5 aromatic carbocycles. The second-order valence-corrected chi connectivity index (χ2v) is 12.2. The van der Waals surface area contributed by atoms with Crippen molar-refractivity contribution in [3.8, 4) is 11.8 Å². The lowest BCUT2D eigenvalue weighted by Gasteiger charge is -2.49. The second-order valence-electron chi connectivity index (χ2n) is 11.0. The molecule has 0 N–H and O–H groups in total. The normalized spacial score (nSPS) is 24.4. The average molecular weight is 615 g/mol. The van der Waals surface area contributed by atoms with Gasteiger partial charge in [0.2, 0.25) is 0 Å². The molecule has 0 bridgehead atoms. The van der Waals surface area contributed by atoms with Gasteiger partial charge in [-0.05, 0) is 34.5 Å². The van der Waals surface area contributed by atoms with Crippen molar-refractivity contribution in [2.75, 3.05) is 13.2 Å². The minimum Gasteiger partial charge on any atom is -0.367 e. The van der Waals surface area contributed by atoms with Gasteiger partial charge in [0.25, 0.3) is 0 Å². The van der Waals surface area contributed by atoms with E-state index in [9.17, 15) is 0 Å². The summed E-state index contributed by atoms with van der Waals surface area (Å²) in [7, 11) is 0. The predicted molar refractivity (Wildman–Crippen MR) is 177 cm³/mol. The molecule has 6 heteroatoms. The molecule has 2 aliphatic heterocycles. The summed E-state index contributed by atoms with van der Waals surface area (Å²) in [5.41, 5.74) is 2.65. The molecule has 2 aliphatic rings. The molecule has 0 amide bonds. The molecule has 2 fully saturated rings. The van der Waals surface area contributed by atoms with Gasteiger partial charge in [-0.1, -0.05) is 139 Å². The first-order valence-electron chi connectivity index (χ1n) is 15.2. The van der Waals surface area contributed by atoms with Crippen LogP contribution in [0.2, 0.25) is 0 Å². The third kappa shape index (κ3) is 7.16. The average Bonchev–Trinajstić information content (AvgIpc) is 3.10. The van der Waals surface area contributed by atoms with Gasteiger partial charge < -0.3 is 23.7 Å². The SMILES string of the molecule is C(#Cc1cccc2ccccc12)CO[C@@H]1[C@H](OCc2ccccc2)[C@@H](Sc2ccccc2)O[C@@H]2COC(c3ccccc3)O[C@@H]12. The third-order valence-corrected chi connectivity index (χ3v) is 9.15. The Morgan fingerprint density at radius 3 is 2.22 bits per heavy atom. The Labute approximate surface area is 268 Å². The summed E-state index contributed by atoms with van der Waals surface area (Å²) in [6.07, 6.45) is -2.18. The van der Waals surface area contributed by atoms with Crippen molar-refractivity contribution in [3.05, 3.63) is 150 Å². The van der Waals surface area contributed by atoms with Gasteiger partial charge in [-0.3, -0.25) is 0 Å². The Balaban J connectivity index is 1.18. The number of hydrogen-bond donors (Lipinski definition) is 0. The van der Waals surface area contributed by atoms with E-state index >= 15 is 0 Å². The van der Waals surface area contributed by atoms with Crippen molar-refractivity contribution >= 4 is 22.5 Å². The van der Waals surface area contributed by atoms with E-state index in [0.29, 0.717) is 13.2 Å². The highest BCUT2D eigenvalue weighted by Crippen LogP contribution is 2.41. The molecular weight excluding hydrogens is 580 g/mol. The zero-order chi connectivity index (χ0) is 30.3. The number of rotatable bonds is 8. The fraction of sp³-hybridized carbons (Fsp3) is 0.231. The Morgan fingerprint density at radius 2 is 1.40 bits per heavy atom. The summed E-state index contributed by atoms with van der Waals surface area (Å²) in [5.74, 6) is 6.62. The van der Waals surface area contributed by atoms with Crippen LogP contribution in [0.15, 0.2) is 138 Å². The van der Waals surface area contributed by atoms with Crippen molar-refractivity contribution in [2.45, 2.75) is 47.6 Å². The highest BCUT2D eigenvalue weighted by atomic mass is 32.2. The van der Waals surface area contributed by atoms with Gasteiger partial charge in [0.15, 0.2) is 6.29 Å². The smallest absolute Gasteiger partial charge is 0.184 e. The van der Waals surface area contributed by atoms with Gasteiger partial charge in [-0.25, -0.2) is 0 Å². The van der Waals surface area contributed by atoms with Crippen LogP contribution in [0.3, 0.4) is 0 Å². The molecule has 0 aliphatic carbocycles. The van der Waals surface area contributed by atoms with Gasteiger partial charge in [0.05, 0.1) is 13.2 Å². The highest BCUT2D eigenvalue weighted by Gasteiger charge is 2.51. The van der Waals surface area contributed by atoms with Gasteiger partial charge in [0.1, 0.15) is 36.5 Å². The quantitative estimate of drug-likeness (QED) is 0.166. The van der Waals surface area contributed by atoms with Gasteiger partial charge in [-0.15, -0.1) is 0 Å². The molecular formula is C39H34O5S. The fourth-order valence-corrected chi connectivity index (χ4v) is 6.94. The van der Waals surface area contributed by atoms with E-state index in [0.717, 1.165) is 32.4 Å². The molecule has 5 nitrogen and oxygen atoms in total. The lowest BCUT2D eigenvalue weighted by Crippen LogP contribution is -2.62. The molecule has 0 aromatic heterocycles. The molecule has 226 valence electrons. The molecule has 2 heterocycles. The molecule has 5 aromatic rings. The number of thioether (sulfide) groups is 1. The van der Waals surface area contributed by atoms with Crippen LogP contribution in [0.4, 0.5) is 0 Å². The van der Waals surface area contributed by atoms with E-state index in [1.165, 1.54) is 0 Å². The zero-order valence-corrected chi connectivity index (χ0v) is 25.6. The maximum Gasteiger partial charge on any atom is 0.184 e. The van der Waals surface area contributed by atoms with E-state index in [-0.39, 0.29) is 18.1 Å². The number of ether oxygens (including phenoxy) is 5. The Morgan fingerprint density at radius 1 is 0.689 bits per heavy atom. The van der Waals surface area contributed by atoms with Crippen LogP contribution >= 0.6 is 11.8 Å². The molecule has 6 atom stereocenters. The Hall–Kier alpha value is -3.93. The van der Waals surface area contributed by atoms with E-state index in [1.54, 1.807) is 11.8 Å². The first kappa shape index (κ1) is 29.8. The molecule has 0 saturated carbocycles. The fourth-order valence-electron chi connectivity index (χ4n) is 5.79. The molecule has 45 heavy (non-hydrogen) atoms. The van der Waals surface area contributed by atoms with Crippen molar-refractivity contribution in [2.24, 2.45) is 0 Å². The summed E-state index contributed by atoms with van der Waals surface area (Å²) in [6.45, 7) is 1.01. The summed E-state index contributed by atoms with van der Waals surface area (Å²) in [5, 5.41) is 2.29. The Kier molecular flexibility index (Phi) is 9.55. The van der Waals surface area contributed by atoms with Crippen LogP contribution in [0.5, 0.6) is 0 Å². The summed E-state index contributed by atoms with van der Waals surface area (Å²) >= 11 is 1.63. The monoisotopic (exact) mass is 614 g/mol. The largest absolute Gasteiger partial charge is 0.367 e. The van der Waals surface area contributed by atoms with Crippen molar-refractivity contribution in [1.29, 1.82) is 0 Å². The molecule has 0 spiro atoms.